The van der Waals surface area contributed by atoms with Crippen molar-refractivity contribution in [2.24, 2.45) is 0 Å². The molecule has 0 atom stereocenters. The second-order valence-corrected chi connectivity index (χ2v) is 7.38. The minimum Gasteiger partial charge on any atom is -0.370 e. The first kappa shape index (κ1) is 18.9. The summed E-state index contributed by atoms with van der Waals surface area (Å²) in [4.78, 5) is 0. The van der Waals surface area contributed by atoms with Crippen molar-refractivity contribution in [1.82, 2.24) is 9.78 Å². The number of aromatic nitrogens is 2. The Labute approximate surface area is 166 Å². The van der Waals surface area contributed by atoms with Gasteiger partial charge in [0.1, 0.15) is 5.82 Å². The SMILES string of the molecule is Cc1ccccc1-c1nn(-c2ccc(Cl)cc2C(F)(F)F)c2c1CCCCN2. The highest BCUT2D eigenvalue weighted by Gasteiger charge is 2.36. The van der Waals surface area contributed by atoms with Gasteiger partial charge in [-0.3, -0.25) is 0 Å². The van der Waals surface area contributed by atoms with Crippen LogP contribution in [0.3, 0.4) is 0 Å². The van der Waals surface area contributed by atoms with E-state index in [2.05, 4.69) is 10.4 Å². The summed E-state index contributed by atoms with van der Waals surface area (Å²) in [7, 11) is 0. The number of hydrogen-bond acceptors (Lipinski definition) is 2. The van der Waals surface area contributed by atoms with Gasteiger partial charge in [-0.05, 0) is 49.9 Å². The van der Waals surface area contributed by atoms with Crippen molar-refractivity contribution in [1.29, 1.82) is 0 Å². The van der Waals surface area contributed by atoms with E-state index in [9.17, 15) is 13.2 Å². The Morgan fingerprint density at radius 2 is 1.89 bits per heavy atom. The quantitative estimate of drug-likeness (QED) is 0.544. The third-order valence-corrected chi connectivity index (χ3v) is 5.26. The number of rotatable bonds is 2. The summed E-state index contributed by atoms with van der Waals surface area (Å²) in [5, 5.41) is 7.99. The van der Waals surface area contributed by atoms with Crippen LogP contribution in [0.4, 0.5) is 19.0 Å². The predicted octanol–water partition coefficient (Wildman–Crippen LogP) is 6.27. The smallest absolute Gasteiger partial charge is 0.370 e. The fourth-order valence-corrected chi connectivity index (χ4v) is 3.82. The van der Waals surface area contributed by atoms with Crippen molar-refractivity contribution in [3.05, 3.63) is 64.2 Å². The van der Waals surface area contributed by atoms with E-state index in [0.29, 0.717) is 12.4 Å². The molecule has 1 aromatic heterocycles. The molecule has 1 N–H and O–H groups in total. The molecule has 3 nitrogen and oxygen atoms in total. The van der Waals surface area contributed by atoms with E-state index in [1.807, 2.05) is 31.2 Å². The second kappa shape index (κ2) is 7.17. The molecular weight excluding hydrogens is 387 g/mol. The molecule has 0 saturated heterocycles. The maximum Gasteiger partial charge on any atom is 0.418 e. The number of nitrogens with one attached hydrogen (secondary N) is 1. The molecule has 3 aromatic rings. The molecule has 0 bridgehead atoms. The third-order valence-electron chi connectivity index (χ3n) is 5.02. The molecular formula is C21H19ClF3N3. The van der Waals surface area contributed by atoms with Gasteiger partial charge in [-0.1, -0.05) is 35.9 Å². The molecule has 4 rings (SSSR count). The molecule has 0 aliphatic carbocycles. The second-order valence-electron chi connectivity index (χ2n) is 6.95. The van der Waals surface area contributed by atoms with Crippen LogP contribution >= 0.6 is 11.6 Å². The van der Waals surface area contributed by atoms with Gasteiger partial charge in [0.25, 0.3) is 0 Å². The predicted molar refractivity (Wildman–Crippen MR) is 105 cm³/mol. The number of anilines is 1. The first-order chi connectivity index (χ1) is 13.4. The Hall–Kier alpha value is -2.47. The molecule has 0 unspecified atom stereocenters. The molecule has 28 heavy (non-hydrogen) atoms. The molecule has 1 aliphatic rings. The van der Waals surface area contributed by atoms with Gasteiger partial charge in [0.15, 0.2) is 0 Å². The molecule has 7 heteroatoms. The normalized spacial score (nSPS) is 14.3. The van der Waals surface area contributed by atoms with E-state index in [4.69, 9.17) is 11.6 Å². The zero-order valence-electron chi connectivity index (χ0n) is 15.3. The van der Waals surface area contributed by atoms with Gasteiger partial charge in [0.2, 0.25) is 0 Å². The number of aryl methyl sites for hydroxylation is 1. The van der Waals surface area contributed by atoms with Gasteiger partial charge in [0.05, 0.1) is 16.9 Å². The molecule has 0 spiro atoms. The lowest BCUT2D eigenvalue weighted by atomic mass is 10.00. The van der Waals surface area contributed by atoms with E-state index in [1.54, 1.807) is 0 Å². The first-order valence-corrected chi connectivity index (χ1v) is 9.53. The minimum atomic E-state index is -4.54. The van der Waals surface area contributed by atoms with Crippen molar-refractivity contribution >= 4 is 17.4 Å². The van der Waals surface area contributed by atoms with Crippen LogP contribution in [0, 0.1) is 6.92 Å². The van der Waals surface area contributed by atoms with Crippen LogP contribution in [0.1, 0.15) is 29.5 Å². The minimum absolute atomic E-state index is 0.0256. The fraction of sp³-hybridized carbons (Fsp3) is 0.286. The molecule has 0 fully saturated rings. The maximum absolute atomic E-state index is 13.7. The molecule has 2 heterocycles. The number of fused-ring (bicyclic) bond motifs is 1. The van der Waals surface area contributed by atoms with Crippen LogP contribution in [-0.4, -0.2) is 16.3 Å². The van der Waals surface area contributed by atoms with Crippen molar-refractivity contribution in [2.45, 2.75) is 32.4 Å². The Bertz CT molecular complexity index is 1020. The number of halogens is 4. The number of nitrogens with zero attached hydrogens (tertiary/aromatic N) is 2. The molecule has 0 radical (unpaired) electrons. The topological polar surface area (TPSA) is 29.9 Å². The van der Waals surface area contributed by atoms with E-state index >= 15 is 0 Å². The number of hydrogen-bond donors (Lipinski definition) is 1. The van der Waals surface area contributed by atoms with Crippen LogP contribution in [0.5, 0.6) is 0 Å². The lowest BCUT2D eigenvalue weighted by Gasteiger charge is -2.16. The summed E-state index contributed by atoms with van der Waals surface area (Å²) in [6, 6.07) is 11.6. The largest absolute Gasteiger partial charge is 0.418 e. The highest BCUT2D eigenvalue weighted by Crippen LogP contribution is 2.40. The van der Waals surface area contributed by atoms with Crippen LogP contribution in [0.15, 0.2) is 42.5 Å². The summed E-state index contributed by atoms with van der Waals surface area (Å²) >= 11 is 5.86. The van der Waals surface area contributed by atoms with Crippen LogP contribution in [0.2, 0.25) is 5.02 Å². The average molecular weight is 406 g/mol. The zero-order valence-corrected chi connectivity index (χ0v) is 16.0. The molecule has 2 aromatic carbocycles. The lowest BCUT2D eigenvalue weighted by Crippen LogP contribution is -2.14. The van der Waals surface area contributed by atoms with Gasteiger partial charge in [-0.25, -0.2) is 4.68 Å². The Balaban J connectivity index is 1.99. The maximum atomic E-state index is 13.7. The molecule has 146 valence electrons. The Morgan fingerprint density at radius 3 is 2.64 bits per heavy atom. The van der Waals surface area contributed by atoms with Crippen LogP contribution in [-0.2, 0) is 12.6 Å². The number of benzene rings is 2. The average Bonchev–Trinajstić information content (AvgIpc) is 2.83. The summed E-state index contributed by atoms with van der Waals surface area (Å²) < 4.78 is 42.5. The van der Waals surface area contributed by atoms with Gasteiger partial charge in [-0.15, -0.1) is 0 Å². The zero-order chi connectivity index (χ0) is 19.9. The summed E-state index contributed by atoms with van der Waals surface area (Å²) in [6.07, 6.45) is -1.86. The van der Waals surface area contributed by atoms with Crippen LogP contribution in [0.25, 0.3) is 16.9 Å². The van der Waals surface area contributed by atoms with E-state index < -0.39 is 11.7 Å². The summed E-state index contributed by atoms with van der Waals surface area (Å²) in [5.41, 5.74) is 2.82. The third kappa shape index (κ3) is 3.37. The summed E-state index contributed by atoms with van der Waals surface area (Å²) in [6.45, 7) is 2.68. The van der Waals surface area contributed by atoms with Gasteiger partial charge >= 0.3 is 6.18 Å². The molecule has 0 amide bonds. The van der Waals surface area contributed by atoms with E-state index in [0.717, 1.165) is 47.7 Å². The van der Waals surface area contributed by atoms with Gasteiger partial charge in [0, 0.05) is 22.7 Å². The highest BCUT2D eigenvalue weighted by molar-refractivity contribution is 6.30. The van der Waals surface area contributed by atoms with Crippen molar-refractivity contribution in [3.63, 3.8) is 0 Å². The van der Waals surface area contributed by atoms with Crippen molar-refractivity contribution in [3.8, 4) is 16.9 Å². The molecule has 1 aliphatic heterocycles. The summed E-state index contributed by atoms with van der Waals surface area (Å²) in [5.74, 6) is 0.628. The Kier molecular flexibility index (Phi) is 4.83. The monoisotopic (exact) mass is 405 g/mol. The van der Waals surface area contributed by atoms with Crippen molar-refractivity contribution < 1.29 is 13.2 Å². The first-order valence-electron chi connectivity index (χ1n) is 9.15. The number of alkyl halides is 3. The van der Waals surface area contributed by atoms with Crippen LogP contribution < -0.4 is 5.32 Å². The van der Waals surface area contributed by atoms with Crippen molar-refractivity contribution in [2.75, 3.05) is 11.9 Å². The van der Waals surface area contributed by atoms with E-state index in [-0.39, 0.29) is 10.7 Å². The fourth-order valence-electron chi connectivity index (χ4n) is 3.65. The standard InChI is InChI=1S/C21H19ClF3N3/c1-13-6-2-3-7-15(13)19-16-8-4-5-11-26-20(16)28(27-19)18-10-9-14(22)12-17(18)21(23,24)25/h2-3,6-7,9-10,12,26H,4-5,8,11H2,1H3. The highest BCUT2D eigenvalue weighted by atomic mass is 35.5. The van der Waals surface area contributed by atoms with E-state index in [1.165, 1.54) is 16.8 Å². The van der Waals surface area contributed by atoms with Gasteiger partial charge in [-0.2, -0.15) is 18.3 Å². The Morgan fingerprint density at radius 1 is 1.11 bits per heavy atom. The molecule has 0 saturated carbocycles. The van der Waals surface area contributed by atoms with Gasteiger partial charge < -0.3 is 5.32 Å². The lowest BCUT2D eigenvalue weighted by molar-refractivity contribution is -0.137.